The van der Waals surface area contributed by atoms with Gasteiger partial charge < -0.3 is 10.4 Å². The third-order valence-corrected chi connectivity index (χ3v) is 3.05. The number of rotatable bonds is 7. The van der Waals surface area contributed by atoms with E-state index in [1.165, 1.54) is 12.3 Å². The maximum absolute atomic E-state index is 11.9. The first-order valence-corrected chi connectivity index (χ1v) is 6.49. The molecule has 1 aromatic heterocycles. The molecule has 9 heteroatoms. The Hall–Kier alpha value is -2.22. The van der Waals surface area contributed by atoms with Crippen LogP contribution >= 0.6 is 11.6 Å². The summed E-state index contributed by atoms with van der Waals surface area (Å²) in [5, 5.41) is 21.6. The highest BCUT2D eigenvalue weighted by Crippen LogP contribution is 2.25. The van der Waals surface area contributed by atoms with Crippen molar-refractivity contribution in [2.45, 2.75) is 19.8 Å². The van der Waals surface area contributed by atoms with Crippen molar-refractivity contribution in [2.24, 2.45) is 5.92 Å². The largest absolute Gasteiger partial charge is 0.481 e. The van der Waals surface area contributed by atoms with Crippen molar-refractivity contribution in [1.82, 2.24) is 10.3 Å². The Morgan fingerprint density at radius 3 is 2.81 bits per heavy atom. The molecule has 0 aliphatic rings. The maximum Gasteiger partial charge on any atom is 0.319 e. The van der Waals surface area contributed by atoms with E-state index in [1.807, 2.05) is 0 Å². The van der Waals surface area contributed by atoms with Gasteiger partial charge in [0.1, 0.15) is 5.56 Å². The molecule has 2 N–H and O–H groups in total. The van der Waals surface area contributed by atoms with E-state index in [9.17, 15) is 19.7 Å². The lowest BCUT2D eigenvalue weighted by Gasteiger charge is -2.11. The zero-order chi connectivity index (χ0) is 16.0. The van der Waals surface area contributed by atoms with Gasteiger partial charge in [-0.2, -0.15) is 0 Å². The SMILES string of the molecule is CC(CCC(=O)O)CNC(=O)c1ccnc(Cl)c1[N+](=O)[O-]. The number of pyridine rings is 1. The highest BCUT2D eigenvalue weighted by Gasteiger charge is 2.24. The van der Waals surface area contributed by atoms with Crippen LogP contribution in [0.2, 0.25) is 5.15 Å². The van der Waals surface area contributed by atoms with Crippen LogP contribution in [0.4, 0.5) is 5.69 Å². The van der Waals surface area contributed by atoms with Gasteiger partial charge in [0.25, 0.3) is 5.91 Å². The molecule has 0 saturated heterocycles. The number of carbonyl (C=O) groups excluding carboxylic acids is 1. The molecule has 1 atom stereocenters. The van der Waals surface area contributed by atoms with Crippen LogP contribution in [-0.2, 0) is 4.79 Å². The fourth-order valence-electron chi connectivity index (χ4n) is 1.62. The Kier molecular flexibility index (Phi) is 6.04. The third-order valence-electron chi connectivity index (χ3n) is 2.77. The Labute approximate surface area is 125 Å². The van der Waals surface area contributed by atoms with Crippen LogP contribution in [0.1, 0.15) is 30.1 Å². The molecule has 1 rings (SSSR count). The number of carboxylic acids is 1. The number of hydrogen-bond donors (Lipinski definition) is 2. The topological polar surface area (TPSA) is 122 Å². The highest BCUT2D eigenvalue weighted by molar-refractivity contribution is 6.32. The van der Waals surface area contributed by atoms with Gasteiger partial charge in [0.05, 0.1) is 4.92 Å². The van der Waals surface area contributed by atoms with Gasteiger partial charge in [0, 0.05) is 19.2 Å². The average molecular weight is 316 g/mol. The quantitative estimate of drug-likeness (QED) is 0.450. The van der Waals surface area contributed by atoms with Gasteiger partial charge in [0.2, 0.25) is 5.15 Å². The molecule has 8 nitrogen and oxygen atoms in total. The molecule has 0 saturated carbocycles. The number of amides is 1. The van der Waals surface area contributed by atoms with Gasteiger partial charge in [-0.3, -0.25) is 19.7 Å². The second-order valence-electron chi connectivity index (χ2n) is 4.50. The van der Waals surface area contributed by atoms with Gasteiger partial charge >= 0.3 is 11.7 Å². The van der Waals surface area contributed by atoms with E-state index >= 15 is 0 Å². The van der Waals surface area contributed by atoms with Crippen molar-refractivity contribution < 1.29 is 19.6 Å². The van der Waals surface area contributed by atoms with E-state index in [-0.39, 0.29) is 29.6 Å². The van der Waals surface area contributed by atoms with Crippen LogP contribution in [-0.4, -0.2) is 33.4 Å². The van der Waals surface area contributed by atoms with Crippen LogP contribution < -0.4 is 5.32 Å². The number of halogens is 1. The summed E-state index contributed by atoms with van der Waals surface area (Å²) in [4.78, 5) is 36.1. The maximum atomic E-state index is 11.9. The average Bonchev–Trinajstić information content (AvgIpc) is 2.41. The van der Waals surface area contributed by atoms with Crippen molar-refractivity contribution in [3.8, 4) is 0 Å². The lowest BCUT2D eigenvalue weighted by molar-refractivity contribution is -0.385. The van der Waals surface area contributed by atoms with E-state index in [2.05, 4.69) is 10.3 Å². The smallest absolute Gasteiger partial charge is 0.319 e. The zero-order valence-corrected chi connectivity index (χ0v) is 12.0. The Morgan fingerprint density at radius 1 is 1.57 bits per heavy atom. The summed E-state index contributed by atoms with van der Waals surface area (Å²) in [5.74, 6) is -1.63. The predicted octanol–water partition coefficient (Wildman–Crippen LogP) is 1.87. The number of carbonyl (C=O) groups is 2. The molecule has 114 valence electrons. The molecule has 1 aromatic rings. The molecule has 1 unspecified atom stereocenters. The van der Waals surface area contributed by atoms with E-state index in [4.69, 9.17) is 16.7 Å². The van der Waals surface area contributed by atoms with Crippen LogP contribution in [0.5, 0.6) is 0 Å². The fraction of sp³-hybridized carbons (Fsp3) is 0.417. The molecule has 0 radical (unpaired) electrons. The monoisotopic (exact) mass is 315 g/mol. The van der Waals surface area contributed by atoms with Crippen molar-refractivity contribution in [2.75, 3.05) is 6.54 Å². The van der Waals surface area contributed by atoms with Crippen molar-refractivity contribution >= 4 is 29.2 Å². The summed E-state index contributed by atoms with van der Waals surface area (Å²) in [6.07, 6.45) is 1.60. The standard InChI is InChI=1S/C12H14ClN3O5/c1-7(2-3-9(17)18)6-15-12(19)8-4-5-14-11(13)10(8)16(20)21/h4-5,7H,2-3,6H2,1H3,(H,15,19)(H,17,18). The van der Waals surface area contributed by atoms with Crippen LogP contribution in [0.15, 0.2) is 12.3 Å². The first kappa shape index (κ1) is 16.8. The molecule has 21 heavy (non-hydrogen) atoms. The summed E-state index contributed by atoms with van der Waals surface area (Å²) in [7, 11) is 0. The normalized spacial score (nSPS) is 11.7. The molecular weight excluding hydrogens is 302 g/mol. The predicted molar refractivity (Wildman–Crippen MR) is 74.3 cm³/mol. The third kappa shape index (κ3) is 4.99. The summed E-state index contributed by atoms with van der Waals surface area (Å²) in [5.41, 5.74) is -0.722. The first-order valence-electron chi connectivity index (χ1n) is 6.11. The number of aromatic nitrogens is 1. The van der Waals surface area contributed by atoms with Crippen molar-refractivity contribution in [3.05, 3.63) is 33.1 Å². The summed E-state index contributed by atoms with van der Waals surface area (Å²) in [6, 6.07) is 1.21. The van der Waals surface area contributed by atoms with E-state index < -0.39 is 22.5 Å². The molecule has 1 heterocycles. The molecule has 0 aromatic carbocycles. The summed E-state index contributed by atoms with van der Waals surface area (Å²) >= 11 is 5.62. The van der Waals surface area contributed by atoms with Crippen LogP contribution in [0.3, 0.4) is 0 Å². The van der Waals surface area contributed by atoms with Gasteiger partial charge in [0.15, 0.2) is 0 Å². The fourth-order valence-corrected chi connectivity index (χ4v) is 1.85. The Morgan fingerprint density at radius 2 is 2.24 bits per heavy atom. The number of nitro groups is 1. The minimum atomic E-state index is -0.912. The number of hydrogen-bond acceptors (Lipinski definition) is 5. The number of nitrogens with one attached hydrogen (secondary N) is 1. The lowest BCUT2D eigenvalue weighted by Crippen LogP contribution is -2.29. The number of carboxylic acid groups (broad SMARTS) is 1. The Bertz CT molecular complexity index is 564. The van der Waals surface area contributed by atoms with E-state index in [1.54, 1.807) is 6.92 Å². The van der Waals surface area contributed by atoms with Gasteiger partial charge in [-0.25, -0.2) is 4.98 Å². The van der Waals surface area contributed by atoms with Gasteiger partial charge in [-0.05, 0) is 18.4 Å². The minimum Gasteiger partial charge on any atom is -0.481 e. The van der Waals surface area contributed by atoms with Gasteiger partial charge in [-0.1, -0.05) is 18.5 Å². The summed E-state index contributed by atoms with van der Waals surface area (Å²) < 4.78 is 0. The van der Waals surface area contributed by atoms with E-state index in [0.29, 0.717) is 6.42 Å². The van der Waals surface area contributed by atoms with Gasteiger partial charge in [-0.15, -0.1) is 0 Å². The minimum absolute atomic E-state index is 0.00172. The van der Waals surface area contributed by atoms with Crippen molar-refractivity contribution in [1.29, 1.82) is 0 Å². The zero-order valence-electron chi connectivity index (χ0n) is 11.2. The molecule has 0 spiro atoms. The first-order chi connectivity index (χ1) is 9.82. The molecule has 0 aliphatic heterocycles. The van der Waals surface area contributed by atoms with Crippen molar-refractivity contribution in [3.63, 3.8) is 0 Å². The second-order valence-corrected chi connectivity index (χ2v) is 4.86. The number of aliphatic carboxylic acids is 1. The summed E-state index contributed by atoms with van der Waals surface area (Å²) in [6.45, 7) is 1.99. The Balaban J connectivity index is 2.70. The molecule has 0 fully saturated rings. The molecule has 0 aliphatic carbocycles. The lowest BCUT2D eigenvalue weighted by atomic mass is 10.1. The highest BCUT2D eigenvalue weighted by atomic mass is 35.5. The van der Waals surface area contributed by atoms with Crippen LogP contribution in [0, 0.1) is 16.0 Å². The van der Waals surface area contributed by atoms with Crippen LogP contribution in [0.25, 0.3) is 0 Å². The van der Waals surface area contributed by atoms with E-state index in [0.717, 1.165) is 0 Å². The molecule has 1 amide bonds. The number of nitrogens with zero attached hydrogens (tertiary/aromatic N) is 2. The molecule has 0 bridgehead atoms. The molecular formula is C12H14ClN3O5. The second kappa shape index (κ2) is 7.53.